The van der Waals surface area contributed by atoms with Crippen molar-refractivity contribution in [2.24, 2.45) is 0 Å². The minimum Gasteiger partial charge on any atom is -0.307 e. The summed E-state index contributed by atoms with van der Waals surface area (Å²) in [6, 6.07) is 74.1. The Morgan fingerprint density at radius 2 is 0.738 bits per heavy atom. The fourth-order valence-electron chi connectivity index (χ4n) is 10.6. The lowest BCUT2D eigenvalue weighted by Crippen LogP contribution is -2.07. The normalized spacial score (nSPS) is 11.7. The fourth-order valence-corrected chi connectivity index (χ4v) is 10.6. The van der Waals surface area contributed by atoms with Gasteiger partial charge in [-0.05, 0) is 54.1 Å². The van der Waals surface area contributed by atoms with Crippen molar-refractivity contribution in [1.82, 2.24) is 44.0 Å². The number of benzene rings is 9. The van der Waals surface area contributed by atoms with Crippen LogP contribution in [0.2, 0.25) is 0 Å². The van der Waals surface area contributed by atoms with Crippen LogP contribution in [0.25, 0.3) is 135 Å². The van der Waals surface area contributed by atoms with E-state index in [9.17, 15) is 18.4 Å². The van der Waals surface area contributed by atoms with Crippen LogP contribution in [-0.2, 0) is 6.18 Å². The van der Waals surface area contributed by atoms with E-state index in [0.29, 0.717) is 63.1 Å². The number of aromatic nitrogens is 9. The summed E-state index contributed by atoms with van der Waals surface area (Å²) in [4.78, 5) is 35.2. The maximum Gasteiger partial charge on any atom is 0.416 e. The van der Waals surface area contributed by atoms with Crippen molar-refractivity contribution in [3.05, 3.63) is 248 Å². The highest BCUT2D eigenvalue weighted by Gasteiger charge is 2.32. The van der Waals surface area contributed by atoms with E-state index in [-0.39, 0.29) is 11.1 Å². The van der Waals surface area contributed by atoms with Gasteiger partial charge < -0.3 is 4.57 Å². The van der Waals surface area contributed by atoms with Crippen molar-refractivity contribution in [3.63, 3.8) is 0 Å². The molecule has 9 aromatic carbocycles. The molecule has 5 aromatic heterocycles. The molecule has 14 aromatic rings. The highest BCUT2D eigenvalue weighted by molar-refractivity contribution is 6.12. The Morgan fingerprint density at radius 3 is 1.18 bits per heavy atom. The Bertz CT molecular complexity index is 4650. The van der Waals surface area contributed by atoms with Gasteiger partial charge in [0.25, 0.3) is 0 Å². The number of rotatable bonds is 9. The number of fused-ring (bicyclic) bond motifs is 6. The van der Waals surface area contributed by atoms with Crippen molar-refractivity contribution in [3.8, 4) is 97.0 Å². The van der Waals surface area contributed by atoms with Gasteiger partial charge in [0.1, 0.15) is 5.82 Å². The van der Waals surface area contributed by atoms with Crippen LogP contribution >= 0.6 is 0 Å². The fraction of sp³-hybridized carbons (Fsp3) is 0.0149. The molecule has 0 N–H and O–H groups in total. The third-order valence-electron chi connectivity index (χ3n) is 14.3. The SMILES string of the molecule is N#Cc1cc(-c2cc(-n3c4ccccc4c4ccc(-c5nc(-c6ccccc6)nc(-c6ccccc6)n5)cc43)ncc2-n2c3ccccc3c3ccc(-c4nc(-c5ccccc5)nc(-c5ccccc5)n4)cc32)cc(C(F)(F)F)c1. The highest BCUT2D eigenvalue weighted by atomic mass is 19.4. The summed E-state index contributed by atoms with van der Waals surface area (Å²) >= 11 is 0. The van der Waals surface area contributed by atoms with Gasteiger partial charge in [-0.25, -0.2) is 34.9 Å². The molecule has 0 spiro atoms. The van der Waals surface area contributed by atoms with Crippen LogP contribution in [0.3, 0.4) is 0 Å². The number of hydrogen-bond donors (Lipinski definition) is 0. The molecule has 0 saturated heterocycles. The summed E-state index contributed by atoms with van der Waals surface area (Å²) in [5.74, 6) is 3.30. The van der Waals surface area contributed by atoms with E-state index in [1.807, 2.05) is 228 Å². The van der Waals surface area contributed by atoms with E-state index in [1.54, 1.807) is 6.20 Å². The van der Waals surface area contributed by atoms with Crippen LogP contribution in [0.1, 0.15) is 11.1 Å². The number of para-hydroxylation sites is 2. The molecule has 80 heavy (non-hydrogen) atoms. The lowest BCUT2D eigenvalue weighted by atomic mass is 9.98. The molecule has 0 unspecified atom stereocenters. The standard InChI is InChI=1S/C67H39F3N10/c68-67(69,70)49-34-41(39-71)33-48(35-49)54-38-60(80-56-28-16-14-26-51(56)53-32-30-47(37-58(53)80)66-77-63(44-21-9-3-10-22-44)74-64(78-66)45-23-11-4-12-24-45)72-40-59(54)79-55-27-15-13-25-50(55)52-31-29-46(36-57(52)79)65-75-61(42-17-5-1-6-18-42)73-62(76-65)43-19-7-2-8-20-43/h1-38,40H. The van der Waals surface area contributed by atoms with E-state index in [2.05, 4.69) is 0 Å². The molecule has 0 aliphatic carbocycles. The smallest absolute Gasteiger partial charge is 0.307 e. The summed E-state index contributed by atoms with van der Waals surface area (Å²) in [6.45, 7) is 0. The van der Waals surface area contributed by atoms with E-state index in [0.717, 1.165) is 78.0 Å². The van der Waals surface area contributed by atoms with E-state index >= 15 is 0 Å². The van der Waals surface area contributed by atoms with Crippen molar-refractivity contribution in [2.45, 2.75) is 6.18 Å². The zero-order valence-electron chi connectivity index (χ0n) is 42.1. The van der Waals surface area contributed by atoms with Gasteiger partial charge in [-0.3, -0.25) is 4.57 Å². The van der Waals surface area contributed by atoms with E-state index < -0.39 is 11.7 Å². The van der Waals surface area contributed by atoms with Gasteiger partial charge in [0.15, 0.2) is 34.9 Å². The largest absolute Gasteiger partial charge is 0.416 e. The third kappa shape index (κ3) is 8.44. The molecule has 0 bridgehead atoms. The summed E-state index contributed by atoms with van der Waals surface area (Å²) in [5.41, 5.74) is 7.66. The minimum absolute atomic E-state index is 0.148. The number of nitriles is 1. The topological polar surface area (TPSA) is 124 Å². The molecule has 10 nitrogen and oxygen atoms in total. The van der Waals surface area contributed by atoms with Crippen LogP contribution in [0, 0.1) is 11.3 Å². The molecule has 0 amide bonds. The van der Waals surface area contributed by atoms with Gasteiger partial charge in [-0.15, -0.1) is 0 Å². The molecule has 14 rings (SSSR count). The number of alkyl halides is 3. The van der Waals surface area contributed by atoms with Gasteiger partial charge in [-0.1, -0.05) is 182 Å². The van der Waals surface area contributed by atoms with E-state index in [4.69, 9.17) is 34.9 Å². The molecule has 13 heteroatoms. The van der Waals surface area contributed by atoms with E-state index in [1.165, 1.54) is 6.07 Å². The molecule has 0 saturated carbocycles. The molecular formula is C67H39F3N10. The summed E-state index contributed by atoms with van der Waals surface area (Å²) < 4.78 is 49.0. The number of pyridine rings is 1. The predicted molar refractivity (Wildman–Crippen MR) is 307 cm³/mol. The molecular weight excluding hydrogens is 1000 g/mol. The average Bonchev–Trinajstić information content (AvgIpc) is 4.17. The van der Waals surface area contributed by atoms with Crippen LogP contribution in [-0.4, -0.2) is 44.0 Å². The van der Waals surface area contributed by atoms with Crippen LogP contribution in [0.5, 0.6) is 0 Å². The monoisotopic (exact) mass is 1040 g/mol. The Morgan fingerprint density at radius 1 is 0.350 bits per heavy atom. The quantitative estimate of drug-likeness (QED) is 0.140. The number of halogens is 3. The third-order valence-corrected chi connectivity index (χ3v) is 14.3. The Kier molecular flexibility index (Phi) is 11.4. The molecule has 378 valence electrons. The highest BCUT2D eigenvalue weighted by Crippen LogP contribution is 2.42. The minimum atomic E-state index is -4.76. The first-order valence-corrected chi connectivity index (χ1v) is 25.7. The first-order chi connectivity index (χ1) is 39.2. The first kappa shape index (κ1) is 47.5. The summed E-state index contributed by atoms with van der Waals surface area (Å²) in [5, 5.41) is 13.9. The first-order valence-electron chi connectivity index (χ1n) is 25.7. The Balaban J connectivity index is 1.01. The zero-order chi connectivity index (χ0) is 53.9. The maximum absolute atomic E-state index is 15.0. The molecule has 0 aliphatic heterocycles. The van der Waals surface area contributed by atoms with Gasteiger partial charge in [0.2, 0.25) is 0 Å². The molecule has 0 aliphatic rings. The van der Waals surface area contributed by atoms with Crippen LogP contribution < -0.4 is 0 Å². The lowest BCUT2D eigenvalue weighted by Gasteiger charge is -2.18. The number of hydrogen-bond acceptors (Lipinski definition) is 8. The van der Waals surface area contributed by atoms with Crippen LogP contribution in [0.15, 0.2) is 237 Å². The summed E-state index contributed by atoms with van der Waals surface area (Å²) in [7, 11) is 0. The predicted octanol–water partition coefficient (Wildman–Crippen LogP) is 16.2. The molecule has 0 atom stereocenters. The van der Waals surface area contributed by atoms with Crippen molar-refractivity contribution in [1.29, 1.82) is 5.26 Å². The zero-order valence-corrected chi connectivity index (χ0v) is 42.1. The second-order valence-corrected chi connectivity index (χ2v) is 19.2. The second-order valence-electron chi connectivity index (χ2n) is 19.2. The van der Waals surface area contributed by atoms with Gasteiger partial charge in [-0.2, -0.15) is 18.4 Å². The van der Waals surface area contributed by atoms with Crippen LogP contribution in [0.4, 0.5) is 13.2 Å². The Labute approximate surface area is 455 Å². The molecule has 0 fully saturated rings. The van der Waals surface area contributed by atoms with Crippen molar-refractivity contribution in [2.75, 3.05) is 0 Å². The maximum atomic E-state index is 15.0. The lowest BCUT2D eigenvalue weighted by molar-refractivity contribution is -0.137. The van der Waals surface area contributed by atoms with Gasteiger partial charge >= 0.3 is 6.18 Å². The summed E-state index contributed by atoms with van der Waals surface area (Å²) in [6.07, 6.45) is -3.06. The molecule has 0 radical (unpaired) electrons. The molecule has 5 heterocycles. The van der Waals surface area contributed by atoms with Gasteiger partial charge in [0, 0.05) is 60.5 Å². The van der Waals surface area contributed by atoms with Crippen molar-refractivity contribution < 1.29 is 13.2 Å². The van der Waals surface area contributed by atoms with Gasteiger partial charge in [0.05, 0.1) is 51.1 Å². The second kappa shape index (κ2) is 19.2. The average molecular weight is 1040 g/mol. The Hall–Kier alpha value is -11.0. The van der Waals surface area contributed by atoms with Crippen molar-refractivity contribution >= 4 is 43.6 Å². The number of nitrogens with zero attached hydrogens (tertiary/aromatic N) is 10.